The number of carboxylic acids is 1. The minimum Gasteiger partial charge on any atom is -0.493 e. The molecule has 0 aliphatic rings. The van der Waals surface area contributed by atoms with E-state index in [2.05, 4.69) is 0 Å². The molecule has 0 aliphatic carbocycles. The molecule has 0 heterocycles. The van der Waals surface area contributed by atoms with Gasteiger partial charge in [0, 0.05) is 5.56 Å². The summed E-state index contributed by atoms with van der Waals surface area (Å²) < 4.78 is 43.4. The lowest BCUT2D eigenvalue weighted by molar-refractivity contribution is -0.138. The fourth-order valence-corrected chi connectivity index (χ4v) is 2.08. The molecular weight excluding hydrogens is 349 g/mol. The van der Waals surface area contributed by atoms with Crippen molar-refractivity contribution >= 4 is 17.8 Å². The Bertz CT molecular complexity index is 826. The molecule has 0 atom stereocenters. The lowest BCUT2D eigenvalue weighted by Gasteiger charge is -2.07. The fourth-order valence-electron chi connectivity index (χ4n) is 2.08. The third-order valence-electron chi connectivity index (χ3n) is 3.34. The van der Waals surface area contributed by atoms with Crippen LogP contribution >= 0.6 is 0 Å². The molecule has 136 valence electrons. The first-order valence-electron chi connectivity index (χ1n) is 7.60. The van der Waals surface area contributed by atoms with Gasteiger partial charge in [0.05, 0.1) is 18.6 Å². The van der Waals surface area contributed by atoms with Crippen LogP contribution in [0.1, 0.15) is 27.9 Å². The highest BCUT2D eigenvalue weighted by Crippen LogP contribution is 2.29. The summed E-state index contributed by atoms with van der Waals surface area (Å²) in [5.41, 5.74) is -0.353. The number of ketones is 1. The average molecular weight is 364 g/mol. The van der Waals surface area contributed by atoms with Crippen LogP contribution in [0.2, 0.25) is 0 Å². The Kier molecular flexibility index (Phi) is 6.16. The van der Waals surface area contributed by atoms with E-state index in [1.165, 1.54) is 24.3 Å². The van der Waals surface area contributed by atoms with Gasteiger partial charge in [0.1, 0.15) is 5.75 Å². The number of allylic oxidation sites excluding steroid dienone is 1. The van der Waals surface area contributed by atoms with E-state index in [0.717, 1.165) is 12.1 Å². The van der Waals surface area contributed by atoms with Gasteiger partial charge in [-0.1, -0.05) is 30.3 Å². The Morgan fingerprint density at radius 2 is 1.81 bits per heavy atom. The summed E-state index contributed by atoms with van der Waals surface area (Å²) in [4.78, 5) is 22.5. The lowest BCUT2D eigenvalue weighted by Crippen LogP contribution is -2.06. The molecule has 0 aliphatic heterocycles. The molecular formula is C19H15F3O4. The van der Waals surface area contributed by atoms with Crippen LogP contribution in [-0.4, -0.2) is 23.5 Å². The molecule has 0 fully saturated rings. The predicted molar refractivity (Wildman–Crippen MR) is 89.0 cm³/mol. The first-order chi connectivity index (χ1) is 12.3. The molecule has 26 heavy (non-hydrogen) atoms. The molecule has 0 saturated carbocycles. The lowest BCUT2D eigenvalue weighted by atomic mass is 10.1. The Balaban J connectivity index is 2.07. The van der Waals surface area contributed by atoms with Gasteiger partial charge in [-0.05, 0) is 35.9 Å². The molecule has 0 unspecified atom stereocenters. The van der Waals surface area contributed by atoms with Gasteiger partial charge in [-0.3, -0.25) is 9.59 Å². The maximum absolute atomic E-state index is 12.7. The van der Waals surface area contributed by atoms with Crippen molar-refractivity contribution in [2.45, 2.75) is 12.6 Å². The van der Waals surface area contributed by atoms with Gasteiger partial charge >= 0.3 is 12.1 Å². The van der Waals surface area contributed by atoms with Gasteiger partial charge in [0.2, 0.25) is 0 Å². The minimum absolute atomic E-state index is 0.00562. The minimum atomic E-state index is -4.51. The van der Waals surface area contributed by atoms with E-state index in [1.807, 2.05) is 0 Å². The Labute approximate surface area is 147 Å². The molecule has 0 saturated heterocycles. The van der Waals surface area contributed by atoms with Crippen LogP contribution in [0.3, 0.4) is 0 Å². The van der Waals surface area contributed by atoms with E-state index in [0.29, 0.717) is 11.3 Å². The fraction of sp³-hybridized carbons (Fsp3) is 0.158. The second-order valence-electron chi connectivity index (χ2n) is 5.34. The summed E-state index contributed by atoms with van der Waals surface area (Å²) >= 11 is 0. The van der Waals surface area contributed by atoms with Crippen molar-refractivity contribution in [2.24, 2.45) is 0 Å². The number of halogens is 3. The normalized spacial score (nSPS) is 11.5. The van der Waals surface area contributed by atoms with E-state index in [1.54, 1.807) is 24.3 Å². The molecule has 0 spiro atoms. The topological polar surface area (TPSA) is 63.6 Å². The number of carbonyl (C=O) groups excluding carboxylic acids is 1. The summed E-state index contributed by atoms with van der Waals surface area (Å²) in [6.07, 6.45) is -2.03. The Hall–Kier alpha value is -3.09. The second-order valence-corrected chi connectivity index (χ2v) is 5.34. The van der Waals surface area contributed by atoms with Crippen molar-refractivity contribution in [2.75, 3.05) is 6.61 Å². The number of hydrogen-bond acceptors (Lipinski definition) is 3. The first-order valence-corrected chi connectivity index (χ1v) is 7.60. The van der Waals surface area contributed by atoms with Crippen LogP contribution in [0, 0.1) is 0 Å². The summed E-state index contributed by atoms with van der Waals surface area (Å²) in [6, 6.07) is 10.8. The highest BCUT2D eigenvalue weighted by molar-refractivity contribution is 6.06. The Morgan fingerprint density at radius 3 is 2.50 bits per heavy atom. The molecule has 0 radical (unpaired) electrons. The van der Waals surface area contributed by atoms with Crippen LogP contribution in [0.5, 0.6) is 5.75 Å². The van der Waals surface area contributed by atoms with E-state index in [4.69, 9.17) is 9.84 Å². The predicted octanol–water partition coefficient (Wildman–Crippen LogP) is 4.46. The molecule has 0 amide bonds. The van der Waals surface area contributed by atoms with Crippen LogP contribution in [0.4, 0.5) is 13.2 Å². The number of carboxylic acid groups (broad SMARTS) is 1. The molecule has 2 aromatic carbocycles. The molecule has 2 rings (SSSR count). The molecule has 4 nitrogen and oxygen atoms in total. The van der Waals surface area contributed by atoms with E-state index < -0.39 is 23.5 Å². The summed E-state index contributed by atoms with van der Waals surface area (Å²) in [5, 5.41) is 8.57. The zero-order valence-corrected chi connectivity index (χ0v) is 13.5. The summed E-state index contributed by atoms with van der Waals surface area (Å²) in [7, 11) is 0. The quantitative estimate of drug-likeness (QED) is 0.582. The number of alkyl halides is 3. The second kappa shape index (κ2) is 8.33. The number of benzene rings is 2. The van der Waals surface area contributed by atoms with Crippen molar-refractivity contribution in [1.82, 2.24) is 0 Å². The number of hydrogen-bond donors (Lipinski definition) is 1. The average Bonchev–Trinajstić information content (AvgIpc) is 2.59. The van der Waals surface area contributed by atoms with Crippen molar-refractivity contribution in [3.05, 3.63) is 71.3 Å². The highest BCUT2D eigenvalue weighted by Gasteiger charge is 2.30. The molecule has 1 N–H and O–H groups in total. The maximum Gasteiger partial charge on any atom is 0.416 e. The van der Waals surface area contributed by atoms with Gasteiger partial charge < -0.3 is 9.84 Å². The summed E-state index contributed by atoms with van der Waals surface area (Å²) in [6.45, 7) is 0.00562. The van der Waals surface area contributed by atoms with Crippen molar-refractivity contribution < 1.29 is 32.6 Å². The SMILES string of the molecule is O=C(O)CCOc1cccc(/C=C/C(=O)c2cccc(C(F)(F)F)c2)c1. The number of rotatable bonds is 7. The van der Waals surface area contributed by atoms with E-state index >= 15 is 0 Å². The van der Waals surface area contributed by atoms with Gasteiger partial charge in [0.15, 0.2) is 5.78 Å². The van der Waals surface area contributed by atoms with E-state index in [-0.39, 0.29) is 18.6 Å². The van der Waals surface area contributed by atoms with Gasteiger partial charge in [-0.25, -0.2) is 0 Å². The molecule has 7 heteroatoms. The number of aliphatic carboxylic acids is 1. The largest absolute Gasteiger partial charge is 0.493 e. The first kappa shape index (κ1) is 19.2. The van der Waals surface area contributed by atoms with Crippen molar-refractivity contribution in [3.63, 3.8) is 0 Å². The highest BCUT2D eigenvalue weighted by atomic mass is 19.4. The molecule has 2 aromatic rings. The number of ether oxygens (including phenoxy) is 1. The standard InChI is InChI=1S/C19H15F3O4/c20-19(21,22)15-5-2-4-14(12-15)17(23)8-7-13-3-1-6-16(11-13)26-10-9-18(24)25/h1-8,11-12H,9-10H2,(H,24,25)/b8-7+. The zero-order chi connectivity index (χ0) is 19.2. The van der Waals surface area contributed by atoms with Gasteiger partial charge in [0.25, 0.3) is 0 Å². The maximum atomic E-state index is 12.7. The third kappa shape index (κ3) is 5.77. The van der Waals surface area contributed by atoms with Gasteiger partial charge in [-0.2, -0.15) is 13.2 Å². The van der Waals surface area contributed by atoms with Crippen molar-refractivity contribution in [1.29, 1.82) is 0 Å². The molecule has 0 aromatic heterocycles. The number of carbonyl (C=O) groups is 2. The van der Waals surface area contributed by atoms with E-state index in [9.17, 15) is 22.8 Å². The Morgan fingerprint density at radius 1 is 1.08 bits per heavy atom. The smallest absolute Gasteiger partial charge is 0.416 e. The van der Waals surface area contributed by atoms with Crippen LogP contribution < -0.4 is 4.74 Å². The molecule has 0 bridgehead atoms. The van der Waals surface area contributed by atoms with Gasteiger partial charge in [-0.15, -0.1) is 0 Å². The third-order valence-corrected chi connectivity index (χ3v) is 3.34. The van der Waals surface area contributed by atoms with Crippen molar-refractivity contribution in [3.8, 4) is 5.75 Å². The monoisotopic (exact) mass is 364 g/mol. The summed E-state index contributed by atoms with van der Waals surface area (Å²) in [5.74, 6) is -1.11. The van der Waals surface area contributed by atoms with Crippen LogP contribution in [-0.2, 0) is 11.0 Å². The zero-order valence-electron chi connectivity index (χ0n) is 13.5. The van der Waals surface area contributed by atoms with Crippen LogP contribution in [0.25, 0.3) is 6.08 Å². The van der Waals surface area contributed by atoms with Crippen LogP contribution in [0.15, 0.2) is 54.6 Å².